The molecule has 1 unspecified atom stereocenters. The van der Waals surface area contributed by atoms with E-state index < -0.39 is 17.9 Å². The number of carbonyl (C=O) groups is 2. The van der Waals surface area contributed by atoms with Gasteiger partial charge in [-0.2, -0.15) is 0 Å². The third kappa shape index (κ3) is 2.83. The van der Waals surface area contributed by atoms with Crippen molar-refractivity contribution < 1.29 is 19.1 Å². The van der Waals surface area contributed by atoms with Gasteiger partial charge in [0.1, 0.15) is 11.7 Å². The number of ether oxygens (including phenoxy) is 2. The highest BCUT2D eigenvalue weighted by atomic mass is 16.6. The van der Waals surface area contributed by atoms with Crippen LogP contribution in [0.1, 0.15) is 41.3 Å². The Kier molecular flexibility index (Phi) is 4.47. The monoisotopic (exact) mass is 322 g/mol. The molecule has 0 aromatic heterocycles. The van der Waals surface area contributed by atoms with Crippen LogP contribution in [0.3, 0.4) is 0 Å². The summed E-state index contributed by atoms with van der Waals surface area (Å²) in [5.74, 6) is -1.23. The maximum absolute atomic E-state index is 12.4. The van der Waals surface area contributed by atoms with Crippen molar-refractivity contribution in [3.8, 4) is 0 Å². The Hall–Kier alpha value is -2.88. The lowest BCUT2D eigenvalue weighted by atomic mass is 10.00. The summed E-state index contributed by atoms with van der Waals surface area (Å²) in [7, 11) is 0. The molecule has 4 nitrogen and oxygen atoms in total. The number of hydrogen-bond acceptors (Lipinski definition) is 4. The highest BCUT2D eigenvalue weighted by Crippen LogP contribution is 2.43. The Balaban J connectivity index is 1.97. The first-order valence-electron chi connectivity index (χ1n) is 7.87. The van der Waals surface area contributed by atoms with E-state index in [1.165, 1.54) is 0 Å². The maximum Gasteiger partial charge on any atom is 0.343 e. The third-order valence-electron chi connectivity index (χ3n) is 4.04. The predicted molar refractivity (Wildman–Crippen MR) is 90.3 cm³/mol. The molecule has 0 saturated carbocycles. The summed E-state index contributed by atoms with van der Waals surface area (Å²) >= 11 is 0. The molecule has 0 fully saturated rings. The molecule has 122 valence electrons. The molecular weight excluding hydrogens is 304 g/mol. The number of carbonyl (C=O) groups excluding carboxylic acids is 2. The summed E-state index contributed by atoms with van der Waals surface area (Å²) in [5, 5.41) is 0. The normalized spacial score (nSPS) is 15.8. The van der Waals surface area contributed by atoms with Crippen molar-refractivity contribution in [2.24, 2.45) is 0 Å². The van der Waals surface area contributed by atoms with Gasteiger partial charge in [0.15, 0.2) is 0 Å². The molecule has 0 bridgehead atoms. The predicted octanol–water partition coefficient (Wildman–Crippen LogP) is 3.93. The number of fused-ring (bicyclic) bond motifs is 1. The number of allylic oxidation sites excluding steroid dienone is 1. The van der Waals surface area contributed by atoms with E-state index in [2.05, 4.69) is 0 Å². The second kappa shape index (κ2) is 6.71. The zero-order valence-corrected chi connectivity index (χ0v) is 13.6. The van der Waals surface area contributed by atoms with E-state index in [1.54, 1.807) is 31.2 Å². The SMILES string of the molecule is CCOC(=O)C1C(OC(=O)c2ccccc2)=C(C)c2ccccc21. The van der Waals surface area contributed by atoms with Crippen LogP contribution in [0.15, 0.2) is 60.4 Å². The van der Waals surface area contributed by atoms with Crippen LogP contribution in [0.5, 0.6) is 0 Å². The van der Waals surface area contributed by atoms with E-state index in [9.17, 15) is 9.59 Å². The second-order valence-electron chi connectivity index (χ2n) is 5.52. The Bertz CT molecular complexity index is 805. The van der Waals surface area contributed by atoms with Crippen LogP contribution in [0.25, 0.3) is 5.57 Å². The smallest absolute Gasteiger partial charge is 0.343 e. The Labute approximate surface area is 140 Å². The zero-order valence-electron chi connectivity index (χ0n) is 13.6. The van der Waals surface area contributed by atoms with Crippen LogP contribution in [0.2, 0.25) is 0 Å². The molecule has 24 heavy (non-hydrogen) atoms. The molecule has 1 aliphatic carbocycles. The first kappa shape index (κ1) is 16.0. The summed E-state index contributed by atoms with van der Waals surface area (Å²) in [6, 6.07) is 16.3. The van der Waals surface area contributed by atoms with Gasteiger partial charge in [0.05, 0.1) is 12.2 Å². The van der Waals surface area contributed by atoms with Crippen molar-refractivity contribution in [1.82, 2.24) is 0 Å². The van der Waals surface area contributed by atoms with Crippen molar-refractivity contribution in [3.63, 3.8) is 0 Å². The van der Waals surface area contributed by atoms with E-state index in [0.717, 1.165) is 16.7 Å². The molecule has 0 aliphatic heterocycles. The van der Waals surface area contributed by atoms with Gasteiger partial charge < -0.3 is 9.47 Å². The van der Waals surface area contributed by atoms with Gasteiger partial charge in [-0.3, -0.25) is 4.79 Å². The fourth-order valence-electron chi connectivity index (χ4n) is 2.91. The van der Waals surface area contributed by atoms with Crippen molar-refractivity contribution in [1.29, 1.82) is 0 Å². The van der Waals surface area contributed by atoms with Gasteiger partial charge in [0, 0.05) is 0 Å². The van der Waals surface area contributed by atoms with E-state index in [-0.39, 0.29) is 6.61 Å². The molecule has 0 spiro atoms. The lowest BCUT2D eigenvalue weighted by molar-refractivity contribution is -0.144. The van der Waals surface area contributed by atoms with Gasteiger partial charge in [-0.1, -0.05) is 42.5 Å². The van der Waals surface area contributed by atoms with Crippen molar-refractivity contribution in [2.75, 3.05) is 6.61 Å². The molecule has 3 rings (SSSR count). The van der Waals surface area contributed by atoms with Crippen molar-refractivity contribution >= 4 is 17.5 Å². The minimum absolute atomic E-state index is 0.274. The summed E-state index contributed by atoms with van der Waals surface area (Å²) < 4.78 is 10.8. The molecule has 0 heterocycles. The van der Waals surface area contributed by atoms with E-state index in [4.69, 9.17) is 9.47 Å². The van der Waals surface area contributed by atoms with Crippen LogP contribution in [0, 0.1) is 0 Å². The molecule has 1 aliphatic rings. The van der Waals surface area contributed by atoms with Crippen LogP contribution in [0.4, 0.5) is 0 Å². The molecular formula is C20H18O4. The summed E-state index contributed by atoms with van der Waals surface area (Å²) in [5.41, 5.74) is 2.94. The van der Waals surface area contributed by atoms with Crippen molar-refractivity contribution in [3.05, 3.63) is 77.0 Å². The van der Waals surface area contributed by atoms with Crippen molar-refractivity contribution in [2.45, 2.75) is 19.8 Å². The second-order valence-corrected chi connectivity index (χ2v) is 5.52. The Morgan fingerprint density at radius 3 is 2.38 bits per heavy atom. The third-order valence-corrected chi connectivity index (χ3v) is 4.04. The molecule has 0 N–H and O–H groups in total. The Morgan fingerprint density at radius 1 is 1.00 bits per heavy atom. The fourth-order valence-corrected chi connectivity index (χ4v) is 2.91. The average Bonchev–Trinajstić information content (AvgIpc) is 2.88. The number of esters is 2. The molecule has 0 amide bonds. The van der Waals surface area contributed by atoms with Gasteiger partial charge >= 0.3 is 11.9 Å². The first-order valence-corrected chi connectivity index (χ1v) is 7.87. The minimum atomic E-state index is -0.700. The quantitative estimate of drug-likeness (QED) is 0.800. The van der Waals surface area contributed by atoms with E-state index in [1.807, 2.05) is 37.3 Å². The van der Waals surface area contributed by atoms with Crippen LogP contribution in [-0.2, 0) is 14.3 Å². The van der Waals surface area contributed by atoms with Gasteiger partial charge in [0.25, 0.3) is 0 Å². The first-order chi connectivity index (χ1) is 11.6. The zero-order chi connectivity index (χ0) is 17.1. The van der Waals surface area contributed by atoms with Gasteiger partial charge in [-0.25, -0.2) is 4.79 Å². The summed E-state index contributed by atoms with van der Waals surface area (Å²) in [6.07, 6.45) is 0. The Morgan fingerprint density at radius 2 is 1.67 bits per heavy atom. The highest BCUT2D eigenvalue weighted by molar-refractivity contribution is 5.95. The topological polar surface area (TPSA) is 52.6 Å². The number of hydrogen-bond donors (Lipinski definition) is 0. The van der Waals surface area contributed by atoms with Gasteiger partial charge in [-0.05, 0) is 42.7 Å². The van der Waals surface area contributed by atoms with Gasteiger partial charge in [-0.15, -0.1) is 0 Å². The molecule has 4 heteroatoms. The van der Waals surface area contributed by atoms with Crippen LogP contribution >= 0.6 is 0 Å². The summed E-state index contributed by atoms with van der Waals surface area (Å²) in [4.78, 5) is 24.8. The largest absolute Gasteiger partial charge is 0.465 e. The molecule has 2 aromatic rings. The van der Waals surface area contributed by atoms with Crippen LogP contribution < -0.4 is 0 Å². The standard InChI is InChI=1S/C20H18O4/c1-3-23-20(22)17-16-12-8-7-11-15(16)13(2)18(17)24-19(21)14-9-5-4-6-10-14/h4-12,17H,3H2,1-2H3. The molecule has 1 atom stereocenters. The van der Waals surface area contributed by atoms with Gasteiger partial charge in [0.2, 0.25) is 0 Å². The van der Waals surface area contributed by atoms with E-state index in [0.29, 0.717) is 11.3 Å². The maximum atomic E-state index is 12.4. The molecule has 2 aromatic carbocycles. The highest BCUT2D eigenvalue weighted by Gasteiger charge is 2.38. The lowest BCUT2D eigenvalue weighted by Crippen LogP contribution is -2.19. The summed E-state index contributed by atoms with van der Waals surface area (Å²) in [6.45, 7) is 3.88. The van der Waals surface area contributed by atoms with E-state index >= 15 is 0 Å². The van der Waals surface area contributed by atoms with Crippen LogP contribution in [-0.4, -0.2) is 18.5 Å². The molecule has 0 saturated heterocycles. The number of rotatable bonds is 4. The fraction of sp³-hybridized carbons (Fsp3) is 0.200. The average molecular weight is 322 g/mol. The molecule has 0 radical (unpaired) electrons. The number of benzene rings is 2. The lowest BCUT2D eigenvalue weighted by Gasteiger charge is -2.15. The minimum Gasteiger partial charge on any atom is -0.465 e.